The average Bonchev–Trinajstić information content (AvgIpc) is 2.80. The fraction of sp³-hybridized carbons (Fsp3) is 0.692. The number of nitrogens with one attached hydrogen (secondary N) is 2. The third-order valence-electron chi connectivity index (χ3n) is 3.29. The van der Waals surface area contributed by atoms with E-state index in [0.717, 1.165) is 19.0 Å². The van der Waals surface area contributed by atoms with Gasteiger partial charge in [-0.25, -0.2) is 0 Å². The lowest BCUT2D eigenvalue weighted by Gasteiger charge is -2.35. The molecular weight excluding hydrogens is 198 g/mol. The van der Waals surface area contributed by atoms with E-state index in [1.165, 1.54) is 25.1 Å². The van der Waals surface area contributed by atoms with E-state index in [1.54, 1.807) is 0 Å². The first-order valence-corrected chi connectivity index (χ1v) is 6.35. The molecule has 0 bridgehead atoms. The molecule has 3 nitrogen and oxygen atoms in total. The van der Waals surface area contributed by atoms with Crippen molar-refractivity contribution in [2.24, 2.45) is 5.92 Å². The van der Waals surface area contributed by atoms with Crippen LogP contribution in [0.3, 0.4) is 0 Å². The van der Waals surface area contributed by atoms with Crippen LogP contribution in [0.4, 0.5) is 0 Å². The Hall–Kier alpha value is -0.800. The van der Waals surface area contributed by atoms with Crippen molar-refractivity contribution >= 4 is 0 Å². The highest BCUT2D eigenvalue weighted by Crippen LogP contribution is 2.27. The van der Waals surface area contributed by atoms with Crippen LogP contribution >= 0.6 is 0 Å². The standard InChI is InChI=1S/C13H23N3/c1-11(2)9-13(12-3-4-15-10-12)16-7-5-14-6-8-16/h3-4,10-11,13-15H,5-9H2,1-2H3. The monoisotopic (exact) mass is 221 g/mol. The van der Waals surface area contributed by atoms with Gasteiger partial charge in [0.15, 0.2) is 0 Å². The van der Waals surface area contributed by atoms with Gasteiger partial charge in [0.1, 0.15) is 0 Å². The second-order valence-corrected chi connectivity index (χ2v) is 5.08. The Morgan fingerprint density at radius 3 is 2.62 bits per heavy atom. The maximum absolute atomic E-state index is 3.42. The van der Waals surface area contributed by atoms with Crippen molar-refractivity contribution in [1.29, 1.82) is 0 Å². The number of rotatable bonds is 4. The van der Waals surface area contributed by atoms with Crippen molar-refractivity contribution in [2.75, 3.05) is 26.2 Å². The topological polar surface area (TPSA) is 31.1 Å². The van der Waals surface area contributed by atoms with Crippen molar-refractivity contribution in [3.8, 4) is 0 Å². The van der Waals surface area contributed by atoms with E-state index >= 15 is 0 Å². The predicted octanol–water partition coefficient (Wildman–Crippen LogP) is 2.01. The fourth-order valence-electron chi connectivity index (χ4n) is 2.48. The number of H-pyrrole nitrogens is 1. The molecule has 0 aliphatic carbocycles. The fourth-order valence-corrected chi connectivity index (χ4v) is 2.48. The first-order valence-electron chi connectivity index (χ1n) is 6.35. The zero-order chi connectivity index (χ0) is 11.4. The Balaban J connectivity index is 2.07. The second-order valence-electron chi connectivity index (χ2n) is 5.08. The zero-order valence-corrected chi connectivity index (χ0v) is 10.4. The minimum Gasteiger partial charge on any atom is -0.367 e. The molecule has 1 atom stereocenters. The number of hydrogen-bond acceptors (Lipinski definition) is 2. The quantitative estimate of drug-likeness (QED) is 0.815. The van der Waals surface area contributed by atoms with Crippen LogP contribution < -0.4 is 5.32 Å². The van der Waals surface area contributed by atoms with Crippen molar-refractivity contribution in [2.45, 2.75) is 26.3 Å². The van der Waals surface area contributed by atoms with E-state index < -0.39 is 0 Å². The molecule has 2 N–H and O–H groups in total. The Bertz CT molecular complexity index is 286. The summed E-state index contributed by atoms with van der Waals surface area (Å²) in [5.74, 6) is 0.745. The van der Waals surface area contributed by atoms with Gasteiger partial charge in [0.2, 0.25) is 0 Å². The molecule has 0 radical (unpaired) electrons. The Labute approximate surface area is 98.2 Å². The van der Waals surface area contributed by atoms with Crippen molar-refractivity contribution in [1.82, 2.24) is 15.2 Å². The Kier molecular flexibility index (Phi) is 4.02. The lowest BCUT2D eigenvalue weighted by Crippen LogP contribution is -2.45. The zero-order valence-electron chi connectivity index (χ0n) is 10.4. The Morgan fingerprint density at radius 2 is 2.06 bits per heavy atom. The molecule has 0 saturated carbocycles. The van der Waals surface area contributed by atoms with Gasteiger partial charge in [-0.2, -0.15) is 0 Å². The van der Waals surface area contributed by atoms with Crippen molar-refractivity contribution in [3.63, 3.8) is 0 Å². The van der Waals surface area contributed by atoms with E-state index in [4.69, 9.17) is 0 Å². The molecular formula is C13H23N3. The van der Waals surface area contributed by atoms with Crippen molar-refractivity contribution < 1.29 is 0 Å². The normalized spacial score (nSPS) is 20.2. The van der Waals surface area contributed by atoms with Gasteiger partial charge in [-0.05, 0) is 24.0 Å². The SMILES string of the molecule is CC(C)CC(c1cc[nH]c1)N1CCNCC1. The second kappa shape index (κ2) is 5.51. The molecule has 1 unspecified atom stereocenters. The average molecular weight is 221 g/mol. The van der Waals surface area contributed by atoms with E-state index in [2.05, 4.69) is 41.3 Å². The molecule has 0 spiro atoms. The summed E-state index contributed by atoms with van der Waals surface area (Å²) in [6.45, 7) is 9.20. The molecule has 90 valence electrons. The van der Waals surface area contributed by atoms with Crippen LogP contribution in [0, 0.1) is 5.92 Å². The van der Waals surface area contributed by atoms with Gasteiger partial charge in [-0.15, -0.1) is 0 Å². The summed E-state index contributed by atoms with van der Waals surface area (Å²) in [6.07, 6.45) is 5.43. The molecule has 3 heteroatoms. The number of aromatic nitrogens is 1. The summed E-state index contributed by atoms with van der Waals surface area (Å²) in [7, 11) is 0. The van der Waals surface area contributed by atoms with Crippen LogP contribution in [0.25, 0.3) is 0 Å². The molecule has 1 aliphatic heterocycles. The minimum atomic E-state index is 0.591. The summed E-state index contributed by atoms with van der Waals surface area (Å²) in [6, 6.07) is 2.81. The van der Waals surface area contributed by atoms with Crippen LogP contribution in [-0.4, -0.2) is 36.1 Å². The predicted molar refractivity (Wildman–Crippen MR) is 67.4 cm³/mol. The number of nitrogens with zero attached hydrogens (tertiary/aromatic N) is 1. The molecule has 0 amide bonds. The van der Waals surface area contributed by atoms with Crippen LogP contribution in [0.1, 0.15) is 31.9 Å². The van der Waals surface area contributed by atoms with Crippen LogP contribution in [0.15, 0.2) is 18.5 Å². The third-order valence-corrected chi connectivity index (χ3v) is 3.29. The first-order chi connectivity index (χ1) is 7.77. The first kappa shape index (κ1) is 11.7. The summed E-state index contributed by atoms with van der Waals surface area (Å²) in [5.41, 5.74) is 1.44. The number of hydrogen-bond donors (Lipinski definition) is 2. The van der Waals surface area contributed by atoms with Gasteiger partial charge in [0.25, 0.3) is 0 Å². The lowest BCUT2D eigenvalue weighted by atomic mass is 9.97. The summed E-state index contributed by atoms with van der Waals surface area (Å²) >= 11 is 0. The van der Waals surface area contributed by atoms with Crippen LogP contribution in [0.2, 0.25) is 0 Å². The molecule has 1 fully saturated rings. The smallest absolute Gasteiger partial charge is 0.0366 e. The Morgan fingerprint density at radius 1 is 1.31 bits per heavy atom. The summed E-state index contributed by atoms with van der Waals surface area (Å²) < 4.78 is 0. The number of piperazine rings is 1. The minimum absolute atomic E-state index is 0.591. The molecule has 1 saturated heterocycles. The molecule has 2 rings (SSSR count). The number of aromatic amines is 1. The van der Waals surface area contributed by atoms with Gasteiger partial charge >= 0.3 is 0 Å². The highest BCUT2D eigenvalue weighted by Gasteiger charge is 2.22. The highest BCUT2D eigenvalue weighted by atomic mass is 15.2. The van der Waals surface area contributed by atoms with Crippen LogP contribution in [-0.2, 0) is 0 Å². The summed E-state index contributed by atoms with van der Waals surface area (Å²) in [5, 5.41) is 3.42. The highest BCUT2D eigenvalue weighted by molar-refractivity contribution is 5.14. The van der Waals surface area contributed by atoms with Gasteiger partial charge in [0.05, 0.1) is 0 Å². The molecule has 2 heterocycles. The van der Waals surface area contributed by atoms with Crippen LogP contribution in [0.5, 0.6) is 0 Å². The molecule has 0 aromatic carbocycles. The van der Waals surface area contributed by atoms with E-state index in [-0.39, 0.29) is 0 Å². The maximum atomic E-state index is 3.42. The molecule has 1 aromatic heterocycles. The van der Waals surface area contributed by atoms with Gasteiger partial charge in [-0.3, -0.25) is 4.90 Å². The van der Waals surface area contributed by atoms with Gasteiger partial charge < -0.3 is 10.3 Å². The van der Waals surface area contributed by atoms with E-state index in [9.17, 15) is 0 Å². The lowest BCUT2D eigenvalue weighted by molar-refractivity contribution is 0.154. The maximum Gasteiger partial charge on any atom is 0.0366 e. The van der Waals surface area contributed by atoms with E-state index in [1.807, 2.05) is 6.20 Å². The van der Waals surface area contributed by atoms with Crippen molar-refractivity contribution in [3.05, 3.63) is 24.0 Å². The summed E-state index contributed by atoms with van der Waals surface area (Å²) in [4.78, 5) is 5.79. The van der Waals surface area contributed by atoms with Gasteiger partial charge in [0, 0.05) is 44.6 Å². The van der Waals surface area contributed by atoms with E-state index in [0.29, 0.717) is 6.04 Å². The third kappa shape index (κ3) is 2.86. The largest absolute Gasteiger partial charge is 0.367 e. The molecule has 16 heavy (non-hydrogen) atoms. The molecule has 1 aromatic rings. The van der Waals surface area contributed by atoms with Gasteiger partial charge in [-0.1, -0.05) is 13.8 Å². The molecule has 1 aliphatic rings.